The zero-order valence-corrected chi connectivity index (χ0v) is 12.6. The first-order valence-electron chi connectivity index (χ1n) is 7.08. The Balaban J connectivity index is 2.05. The second-order valence-corrected chi connectivity index (χ2v) is 6.69. The number of nitrogens with one attached hydrogen (secondary N) is 1. The number of aromatic amines is 1. The highest BCUT2D eigenvalue weighted by atomic mass is 16.1. The quantitative estimate of drug-likeness (QED) is 0.912. The van der Waals surface area contributed by atoms with Crippen molar-refractivity contribution in [3.05, 3.63) is 40.5 Å². The van der Waals surface area contributed by atoms with Crippen molar-refractivity contribution in [1.82, 2.24) is 14.8 Å². The molecule has 2 aromatic rings. The van der Waals surface area contributed by atoms with Crippen LogP contribution >= 0.6 is 0 Å². The van der Waals surface area contributed by atoms with Crippen LogP contribution in [0, 0.1) is 19.3 Å². The molecule has 0 saturated carbocycles. The maximum atomic E-state index is 12.3. The van der Waals surface area contributed by atoms with Crippen molar-refractivity contribution in [2.75, 3.05) is 0 Å². The van der Waals surface area contributed by atoms with E-state index >= 15 is 0 Å². The average Bonchev–Trinajstić information content (AvgIpc) is 2.86. The highest BCUT2D eigenvalue weighted by Gasteiger charge is 2.33. The number of Topliss-reactive ketones (excluding diaryl/α,β-unsaturated/α-hetero) is 1. The molecule has 0 fully saturated rings. The summed E-state index contributed by atoms with van der Waals surface area (Å²) < 4.78 is 2.27. The fourth-order valence-corrected chi connectivity index (χ4v) is 3.13. The number of hydrogen-bond donors (Lipinski definition) is 1. The summed E-state index contributed by atoms with van der Waals surface area (Å²) in [7, 11) is 0. The average molecular weight is 271 g/mol. The van der Waals surface area contributed by atoms with Crippen LogP contribution in [-0.4, -0.2) is 20.5 Å². The summed E-state index contributed by atoms with van der Waals surface area (Å²) in [6.07, 6.45) is 3.48. The van der Waals surface area contributed by atoms with E-state index in [2.05, 4.69) is 35.5 Å². The van der Waals surface area contributed by atoms with Crippen molar-refractivity contribution in [2.45, 2.75) is 47.1 Å². The first kappa shape index (κ1) is 13.2. The highest BCUT2D eigenvalue weighted by molar-refractivity contribution is 5.99. The van der Waals surface area contributed by atoms with E-state index in [9.17, 15) is 4.79 Å². The van der Waals surface area contributed by atoms with Gasteiger partial charge in [0.25, 0.3) is 0 Å². The molecule has 0 atom stereocenters. The Kier molecular flexibility index (Phi) is 2.85. The Hall–Kier alpha value is -1.84. The van der Waals surface area contributed by atoms with E-state index in [0.717, 1.165) is 29.9 Å². The summed E-state index contributed by atoms with van der Waals surface area (Å²) in [6, 6.07) is 2.04. The van der Waals surface area contributed by atoms with E-state index < -0.39 is 0 Å². The third kappa shape index (κ3) is 2.09. The van der Waals surface area contributed by atoms with Crippen LogP contribution in [0.5, 0.6) is 0 Å². The van der Waals surface area contributed by atoms with Crippen molar-refractivity contribution < 1.29 is 4.79 Å². The van der Waals surface area contributed by atoms with E-state index in [-0.39, 0.29) is 11.2 Å². The topological polar surface area (TPSA) is 50.7 Å². The number of fused-ring (bicyclic) bond motifs is 1. The smallest absolute Gasteiger partial charge is 0.165 e. The SMILES string of the molecule is Cc1[nH]ncc1Cn1c(C)cc2c1CC(C)(C)CC2=O. The molecule has 0 aliphatic heterocycles. The Morgan fingerprint density at radius 2 is 2.10 bits per heavy atom. The molecular formula is C16H21N3O. The maximum absolute atomic E-state index is 12.3. The molecule has 0 bridgehead atoms. The molecular weight excluding hydrogens is 250 g/mol. The molecule has 0 unspecified atom stereocenters. The van der Waals surface area contributed by atoms with Gasteiger partial charge in [-0.1, -0.05) is 13.8 Å². The largest absolute Gasteiger partial charge is 0.344 e. The van der Waals surface area contributed by atoms with Crippen molar-refractivity contribution in [2.24, 2.45) is 5.41 Å². The normalized spacial score (nSPS) is 17.3. The van der Waals surface area contributed by atoms with E-state index in [1.807, 2.05) is 19.2 Å². The number of rotatable bonds is 2. The first-order chi connectivity index (χ1) is 9.37. The standard InChI is InChI=1S/C16H21N3O/c1-10-5-13-14(6-16(3,4)7-15(13)20)19(10)9-12-8-17-18-11(12)2/h5,8H,6-7,9H2,1-4H3,(H,17,18). The van der Waals surface area contributed by atoms with Gasteiger partial charge < -0.3 is 4.57 Å². The van der Waals surface area contributed by atoms with Gasteiger partial charge >= 0.3 is 0 Å². The van der Waals surface area contributed by atoms with Crippen molar-refractivity contribution in [3.8, 4) is 0 Å². The molecule has 0 spiro atoms. The predicted octanol–water partition coefficient (Wildman–Crippen LogP) is 3.03. The first-order valence-corrected chi connectivity index (χ1v) is 7.08. The molecule has 4 heteroatoms. The summed E-state index contributed by atoms with van der Waals surface area (Å²) in [6.45, 7) is 9.23. The van der Waals surface area contributed by atoms with Gasteiger partial charge in [0.15, 0.2) is 5.78 Å². The number of aryl methyl sites for hydroxylation is 2. The molecule has 20 heavy (non-hydrogen) atoms. The van der Waals surface area contributed by atoms with Crippen molar-refractivity contribution in [3.63, 3.8) is 0 Å². The van der Waals surface area contributed by atoms with Crippen LogP contribution in [0.3, 0.4) is 0 Å². The number of carbonyl (C=O) groups excluding carboxylic acids is 1. The number of carbonyl (C=O) groups is 1. The highest BCUT2D eigenvalue weighted by Crippen LogP contribution is 2.36. The van der Waals surface area contributed by atoms with Gasteiger partial charge in [-0.25, -0.2) is 0 Å². The fourth-order valence-electron chi connectivity index (χ4n) is 3.13. The van der Waals surface area contributed by atoms with Gasteiger partial charge in [0.1, 0.15) is 0 Å². The van der Waals surface area contributed by atoms with Gasteiger partial charge in [0.05, 0.1) is 12.7 Å². The molecule has 106 valence electrons. The summed E-state index contributed by atoms with van der Waals surface area (Å²) in [5, 5.41) is 7.06. The van der Waals surface area contributed by atoms with E-state index in [1.54, 1.807) is 0 Å². The molecule has 4 nitrogen and oxygen atoms in total. The van der Waals surface area contributed by atoms with Gasteiger partial charge in [-0.15, -0.1) is 0 Å². The minimum Gasteiger partial charge on any atom is -0.344 e. The molecule has 1 N–H and O–H groups in total. The number of H-pyrrole nitrogens is 1. The second-order valence-electron chi connectivity index (χ2n) is 6.69. The monoisotopic (exact) mass is 271 g/mol. The molecule has 1 aliphatic carbocycles. The second kappa shape index (κ2) is 4.33. The molecule has 1 aliphatic rings. The molecule has 0 radical (unpaired) electrons. The zero-order chi connectivity index (χ0) is 14.5. The Morgan fingerprint density at radius 1 is 1.35 bits per heavy atom. The minimum absolute atomic E-state index is 0.0536. The van der Waals surface area contributed by atoms with Crippen LogP contribution < -0.4 is 0 Å². The van der Waals surface area contributed by atoms with E-state index in [0.29, 0.717) is 6.42 Å². The fraction of sp³-hybridized carbons (Fsp3) is 0.500. The number of nitrogens with zero attached hydrogens (tertiary/aromatic N) is 2. The van der Waals surface area contributed by atoms with Crippen LogP contribution in [0.1, 0.15) is 53.3 Å². The van der Waals surface area contributed by atoms with Crippen LogP contribution in [-0.2, 0) is 13.0 Å². The number of ketones is 1. The predicted molar refractivity (Wildman–Crippen MR) is 78.0 cm³/mol. The van der Waals surface area contributed by atoms with Crippen molar-refractivity contribution >= 4 is 5.78 Å². The Morgan fingerprint density at radius 3 is 2.75 bits per heavy atom. The lowest BCUT2D eigenvalue weighted by molar-refractivity contribution is 0.0910. The lowest BCUT2D eigenvalue weighted by atomic mass is 9.76. The van der Waals surface area contributed by atoms with Gasteiger partial charge in [-0.3, -0.25) is 9.89 Å². The molecule has 2 aromatic heterocycles. The minimum atomic E-state index is 0.0536. The van der Waals surface area contributed by atoms with Gasteiger partial charge in [-0.05, 0) is 31.7 Å². The third-order valence-corrected chi connectivity index (χ3v) is 4.26. The van der Waals surface area contributed by atoms with Crippen LogP contribution in [0.2, 0.25) is 0 Å². The molecule has 0 aromatic carbocycles. The van der Waals surface area contributed by atoms with Crippen molar-refractivity contribution in [1.29, 1.82) is 0 Å². The molecule has 0 amide bonds. The molecule has 3 rings (SSSR count). The summed E-state index contributed by atoms with van der Waals surface area (Å²) in [5.74, 6) is 0.280. The summed E-state index contributed by atoms with van der Waals surface area (Å²) >= 11 is 0. The van der Waals surface area contributed by atoms with E-state index in [1.165, 1.54) is 11.3 Å². The summed E-state index contributed by atoms with van der Waals surface area (Å²) in [5.41, 5.74) is 5.59. The van der Waals surface area contributed by atoms with Crippen LogP contribution in [0.15, 0.2) is 12.3 Å². The van der Waals surface area contributed by atoms with Crippen LogP contribution in [0.4, 0.5) is 0 Å². The van der Waals surface area contributed by atoms with Gasteiger partial charge in [0, 0.05) is 34.6 Å². The van der Waals surface area contributed by atoms with Crippen LogP contribution in [0.25, 0.3) is 0 Å². The zero-order valence-electron chi connectivity index (χ0n) is 12.6. The molecule has 2 heterocycles. The Labute approximate surface area is 119 Å². The summed E-state index contributed by atoms with van der Waals surface area (Å²) in [4.78, 5) is 12.3. The third-order valence-electron chi connectivity index (χ3n) is 4.26. The Bertz CT molecular complexity index is 676. The van der Waals surface area contributed by atoms with Gasteiger partial charge in [-0.2, -0.15) is 5.10 Å². The van der Waals surface area contributed by atoms with Gasteiger partial charge in [0.2, 0.25) is 0 Å². The lowest BCUT2D eigenvalue weighted by Gasteiger charge is -2.29. The number of hydrogen-bond acceptors (Lipinski definition) is 2. The lowest BCUT2D eigenvalue weighted by Crippen LogP contribution is -2.28. The number of aromatic nitrogens is 3. The molecule has 0 saturated heterocycles. The maximum Gasteiger partial charge on any atom is 0.165 e. The van der Waals surface area contributed by atoms with E-state index in [4.69, 9.17) is 0 Å².